The summed E-state index contributed by atoms with van der Waals surface area (Å²) in [6, 6.07) is 7.03. The lowest BCUT2D eigenvalue weighted by Gasteiger charge is -2.08. The van der Waals surface area contributed by atoms with Gasteiger partial charge < -0.3 is 14.6 Å². The number of rotatable bonds is 4. The normalized spacial score (nSPS) is 10.6. The van der Waals surface area contributed by atoms with E-state index in [9.17, 15) is 4.39 Å². The molecule has 0 atom stereocenters. The van der Waals surface area contributed by atoms with Crippen LogP contribution in [0.15, 0.2) is 24.3 Å². The third-order valence-electron chi connectivity index (χ3n) is 3.51. The number of hydrogen-bond donors (Lipinski definition) is 1. The van der Waals surface area contributed by atoms with E-state index in [-0.39, 0.29) is 11.6 Å². The highest BCUT2D eigenvalue weighted by atomic mass is 19.1. The fourth-order valence-corrected chi connectivity index (χ4v) is 2.09. The molecular weight excluding hydrogens is 243 g/mol. The van der Waals surface area contributed by atoms with Crippen LogP contribution >= 0.6 is 0 Å². The molecule has 4 heteroatoms. The molecule has 1 aromatic carbocycles. The molecule has 19 heavy (non-hydrogen) atoms. The second-order valence-corrected chi connectivity index (χ2v) is 4.66. The van der Waals surface area contributed by atoms with E-state index >= 15 is 0 Å². The predicted molar refractivity (Wildman–Crippen MR) is 75.2 cm³/mol. The van der Waals surface area contributed by atoms with Crippen LogP contribution in [0.4, 0.5) is 10.1 Å². The average Bonchev–Trinajstić information content (AvgIpc) is 2.64. The van der Waals surface area contributed by atoms with Gasteiger partial charge in [-0.2, -0.15) is 0 Å². The molecule has 0 saturated heterocycles. The van der Waals surface area contributed by atoms with Gasteiger partial charge in [-0.1, -0.05) is 0 Å². The van der Waals surface area contributed by atoms with E-state index in [0.29, 0.717) is 6.54 Å². The number of aryl methyl sites for hydroxylation is 1. The molecule has 0 saturated carbocycles. The van der Waals surface area contributed by atoms with Crippen LogP contribution in [0.3, 0.4) is 0 Å². The van der Waals surface area contributed by atoms with Gasteiger partial charge in [-0.25, -0.2) is 4.39 Å². The number of halogens is 1. The van der Waals surface area contributed by atoms with Crippen molar-refractivity contribution in [3.05, 3.63) is 47.0 Å². The molecule has 3 nitrogen and oxygen atoms in total. The molecule has 0 bridgehead atoms. The first kappa shape index (κ1) is 13.5. The van der Waals surface area contributed by atoms with Crippen LogP contribution in [0.5, 0.6) is 5.75 Å². The number of anilines is 1. The van der Waals surface area contributed by atoms with Crippen molar-refractivity contribution in [3.63, 3.8) is 0 Å². The minimum atomic E-state index is -0.353. The second-order valence-electron chi connectivity index (χ2n) is 4.66. The molecule has 0 aliphatic heterocycles. The number of benzene rings is 1. The van der Waals surface area contributed by atoms with Crippen molar-refractivity contribution in [1.82, 2.24) is 4.57 Å². The van der Waals surface area contributed by atoms with Crippen LogP contribution in [-0.4, -0.2) is 11.7 Å². The van der Waals surface area contributed by atoms with E-state index in [0.717, 1.165) is 5.69 Å². The molecule has 0 radical (unpaired) electrons. The SMILES string of the molecule is COc1ccc(NCc2cc(C)n(C)c2C)cc1F. The Hall–Kier alpha value is -1.97. The lowest BCUT2D eigenvalue weighted by molar-refractivity contribution is 0.386. The number of nitrogens with zero attached hydrogens (tertiary/aromatic N) is 1. The van der Waals surface area contributed by atoms with Gasteiger partial charge in [0.15, 0.2) is 11.6 Å². The summed E-state index contributed by atoms with van der Waals surface area (Å²) in [6.45, 7) is 4.83. The Morgan fingerprint density at radius 3 is 2.53 bits per heavy atom. The van der Waals surface area contributed by atoms with Crippen molar-refractivity contribution in [2.24, 2.45) is 7.05 Å². The maximum atomic E-state index is 13.6. The summed E-state index contributed by atoms with van der Waals surface area (Å²) in [6.07, 6.45) is 0. The smallest absolute Gasteiger partial charge is 0.167 e. The van der Waals surface area contributed by atoms with E-state index in [1.165, 1.54) is 30.1 Å². The minimum Gasteiger partial charge on any atom is -0.494 e. The molecule has 0 fully saturated rings. The van der Waals surface area contributed by atoms with E-state index in [1.54, 1.807) is 6.07 Å². The molecule has 0 aliphatic carbocycles. The first-order chi connectivity index (χ1) is 9.02. The second kappa shape index (κ2) is 5.34. The Kier molecular flexibility index (Phi) is 3.79. The van der Waals surface area contributed by atoms with Crippen molar-refractivity contribution in [3.8, 4) is 5.75 Å². The highest BCUT2D eigenvalue weighted by molar-refractivity contribution is 5.48. The van der Waals surface area contributed by atoms with Gasteiger partial charge in [0.1, 0.15) is 0 Å². The Morgan fingerprint density at radius 1 is 1.26 bits per heavy atom. The summed E-state index contributed by atoms with van der Waals surface area (Å²) in [5.41, 5.74) is 4.41. The highest BCUT2D eigenvalue weighted by Crippen LogP contribution is 2.22. The van der Waals surface area contributed by atoms with Gasteiger partial charge in [-0.3, -0.25) is 0 Å². The molecule has 2 aromatic rings. The van der Waals surface area contributed by atoms with Crippen LogP contribution in [0.25, 0.3) is 0 Å². The number of hydrogen-bond acceptors (Lipinski definition) is 2. The van der Waals surface area contributed by atoms with Crippen LogP contribution in [0.1, 0.15) is 17.0 Å². The van der Waals surface area contributed by atoms with Gasteiger partial charge in [0.05, 0.1) is 7.11 Å². The summed E-state index contributed by atoms with van der Waals surface area (Å²) in [7, 11) is 3.50. The fraction of sp³-hybridized carbons (Fsp3) is 0.333. The predicted octanol–water partition coefficient (Wildman–Crippen LogP) is 3.40. The monoisotopic (exact) mass is 262 g/mol. The maximum absolute atomic E-state index is 13.6. The molecule has 102 valence electrons. The van der Waals surface area contributed by atoms with Gasteiger partial charge in [0.25, 0.3) is 0 Å². The molecular formula is C15H19FN2O. The standard InChI is InChI=1S/C15H19FN2O/c1-10-7-12(11(2)18(10)3)9-17-13-5-6-15(19-4)14(16)8-13/h5-8,17H,9H2,1-4H3. The van der Waals surface area contributed by atoms with E-state index in [2.05, 4.69) is 29.8 Å². The van der Waals surface area contributed by atoms with Crippen molar-refractivity contribution in [2.45, 2.75) is 20.4 Å². The average molecular weight is 262 g/mol. The topological polar surface area (TPSA) is 26.2 Å². The Morgan fingerprint density at radius 2 is 2.00 bits per heavy atom. The zero-order valence-electron chi connectivity index (χ0n) is 11.7. The molecule has 1 heterocycles. The maximum Gasteiger partial charge on any atom is 0.167 e. The number of nitrogens with one attached hydrogen (secondary N) is 1. The Balaban J connectivity index is 2.10. The summed E-state index contributed by atoms with van der Waals surface area (Å²) < 4.78 is 20.6. The largest absolute Gasteiger partial charge is 0.494 e. The number of ether oxygens (including phenoxy) is 1. The molecule has 0 amide bonds. The van der Waals surface area contributed by atoms with Crippen LogP contribution < -0.4 is 10.1 Å². The summed E-state index contributed by atoms with van der Waals surface area (Å²) in [4.78, 5) is 0. The van der Waals surface area contributed by atoms with Crippen LogP contribution in [-0.2, 0) is 13.6 Å². The third-order valence-corrected chi connectivity index (χ3v) is 3.51. The zero-order chi connectivity index (χ0) is 14.0. The van der Waals surface area contributed by atoms with E-state index in [4.69, 9.17) is 4.74 Å². The van der Waals surface area contributed by atoms with Gasteiger partial charge >= 0.3 is 0 Å². The highest BCUT2D eigenvalue weighted by Gasteiger charge is 2.07. The van der Waals surface area contributed by atoms with E-state index < -0.39 is 0 Å². The lowest BCUT2D eigenvalue weighted by Crippen LogP contribution is -2.02. The lowest BCUT2D eigenvalue weighted by atomic mass is 10.2. The molecule has 0 unspecified atom stereocenters. The fourth-order valence-electron chi connectivity index (χ4n) is 2.09. The van der Waals surface area contributed by atoms with Gasteiger partial charge in [-0.15, -0.1) is 0 Å². The number of methoxy groups -OCH3 is 1. The van der Waals surface area contributed by atoms with Gasteiger partial charge in [0, 0.05) is 36.7 Å². The number of aromatic nitrogens is 1. The molecule has 0 spiro atoms. The zero-order valence-corrected chi connectivity index (χ0v) is 11.7. The first-order valence-electron chi connectivity index (χ1n) is 6.22. The van der Waals surface area contributed by atoms with Crippen molar-refractivity contribution >= 4 is 5.69 Å². The molecule has 2 rings (SSSR count). The first-order valence-corrected chi connectivity index (χ1v) is 6.22. The molecule has 0 aliphatic rings. The molecule has 1 aromatic heterocycles. The summed E-state index contributed by atoms with van der Waals surface area (Å²) >= 11 is 0. The Bertz CT molecular complexity index is 590. The van der Waals surface area contributed by atoms with E-state index in [1.807, 2.05) is 13.1 Å². The van der Waals surface area contributed by atoms with Crippen molar-refractivity contribution < 1.29 is 9.13 Å². The minimum absolute atomic E-state index is 0.261. The van der Waals surface area contributed by atoms with Gasteiger partial charge in [0.2, 0.25) is 0 Å². The quantitative estimate of drug-likeness (QED) is 0.914. The summed E-state index contributed by atoms with van der Waals surface area (Å²) in [5.74, 6) is -0.0919. The van der Waals surface area contributed by atoms with Crippen molar-refractivity contribution in [2.75, 3.05) is 12.4 Å². The Labute approximate surface area is 113 Å². The third kappa shape index (κ3) is 2.72. The summed E-state index contributed by atoms with van der Waals surface area (Å²) in [5, 5.41) is 3.23. The van der Waals surface area contributed by atoms with Gasteiger partial charge in [-0.05, 0) is 37.6 Å². The molecule has 1 N–H and O–H groups in total. The van der Waals surface area contributed by atoms with Crippen LogP contribution in [0, 0.1) is 19.7 Å². The van der Waals surface area contributed by atoms with Crippen molar-refractivity contribution in [1.29, 1.82) is 0 Å². The van der Waals surface area contributed by atoms with Crippen LogP contribution in [0.2, 0.25) is 0 Å².